The molecule has 7 heteroatoms. The Labute approximate surface area is 130 Å². The van der Waals surface area contributed by atoms with E-state index in [1.807, 2.05) is 0 Å². The Balaban J connectivity index is 1.50. The summed E-state index contributed by atoms with van der Waals surface area (Å²) in [5.41, 5.74) is -0.340. The fourth-order valence-electron chi connectivity index (χ4n) is 2.07. The molecule has 1 amide bonds. The molecule has 0 saturated heterocycles. The number of carbonyl (C=O) groups is 1. The van der Waals surface area contributed by atoms with Crippen LogP contribution in [-0.2, 0) is 0 Å². The molecule has 0 aromatic heterocycles. The number of amides is 1. The van der Waals surface area contributed by atoms with Crippen LogP contribution in [-0.4, -0.2) is 25.9 Å². The van der Waals surface area contributed by atoms with Crippen LogP contribution in [0, 0.1) is 11.6 Å². The normalized spacial score (nSPS) is 12.1. The molecule has 0 bridgehead atoms. The Bertz CT molecular complexity index is 736. The van der Waals surface area contributed by atoms with Gasteiger partial charge < -0.3 is 19.5 Å². The van der Waals surface area contributed by atoms with Crippen LogP contribution in [0.25, 0.3) is 0 Å². The zero-order valence-corrected chi connectivity index (χ0v) is 12.0. The van der Waals surface area contributed by atoms with Crippen LogP contribution in [0.2, 0.25) is 0 Å². The zero-order chi connectivity index (χ0) is 16.2. The Kier molecular flexibility index (Phi) is 4.27. The van der Waals surface area contributed by atoms with Gasteiger partial charge in [0.05, 0.1) is 12.1 Å². The quantitative estimate of drug-likeness (QED) is 0.860. The van der Waals surface area contributed by atoms with Crippen molar-refractivity contribution in [1.82, 2.24) is 5.32 Å². The Hall–Kier alpha value is -2.83. The number of hydrogen-bond acceptors (Lipinski definition) is 4. The van der Waals surface area contributed by atoms with E-state index in [9.17, 15) is 13.6 Å². The predicted octanol–water partition coefficient (Wildman–Crippen LogP) is 2.50. The fraction of sp³-hybridized carbons (Fsp3) is 0.188. The van der Waals surface area contributed by atoms with E-state index in [0.29, 0.717) is 17.2 Å². The second-order valence-electron chi connectivity index (χ2n) is 4.74. The van der Waals surface area contributed by atoms with Gasteiger partial charge in [-0.05, 0) is 30.3 Å². The zero-order valence-electron chi connectivity index (χ0n) is 12.0. The summed E-state index contributed by atoms with van der Waals surface area (Å²) < 4.78 is 42.3. The van der Waals surface area contributed by atoms with Crippen molar-refractivity contribution in [2.45, 2.75) is 0 Å². The fourth-order valence-corrected chi connectivity index (χ4v) is 2.07. The lowest BCUT2D eigenvalue weighted by molar-refractivity contribution is 0.0942. The van der Waals surface area contributed by atoms with E-state index in [1.54, 1.807) is 18.2 Å². The highest BCUT2D eigenvalue weighted by molar-refractivity contribution is 5.94. The highest BCUT2D eigenvalue weighted by Gasteiger charge is 2.14. The molecule has 0 radical (unpaired) electrons. The van der Waals surface area contributed by atoms with Crippen molar-refractivity contribution in [3.05, 3.63) is 53.6 Å². The first-order valence-electron chi connectivity index (χ1n) is 6.89. The lowest BCUT2D eigenvalue weighted by atomic mass is 10.2. The van der Waals surface area contributed by atoms with E-state index in [0.717, 1.165) is 18.2 Å². The minimum Gasteiger partial charge on any atom is -0.492 e. The van der Waals surface area contributed by atoms with E-state index >= 15 is 0 Å². The van der Waals surface area contributed by atoms with Crippen molar-refractivity contribution < 1.29 is 27.8 Å². The first-order chi connectivity index (χ1) is 11.1. The molecule has 0 saturated carbocycles. The Morgan fingerprint density at radius 1 is 1.13 bits per heavy atom. The predicted molar refractivity (Wildman–Crippen MR) is 76.8 cm³/mol. The topological polar surface area (TPSA) is 56.8 Å². The molecule has 3 rings (SSSR count). The number of benzene rings is 2. The van der Waals surface area contributed by atoms with Crippen LogP contribution in [0.3, 0.4) is 0 Å². The van der Waals surface area contributed by atoms with Gasteiger partial charge in [-0.25, -0.2) is 8.78 Å². The van der Waals surface area contributed by atoms with Crippen molar-refractivity contribution >= 4 is 5.91 Å². The summed E-state index contributed by atoms with van der Waals surface area (Å²) in [7, 11) is 0. The van der Waals surface area contributed by atoms with Crippen molar-refractivity contribution in [2.24, 2.45) is 0 Å². The first kappa shape index (κ1) is 15.1. The third kappa shape index (κ3) is 3.50. The van der Waals surface area contributed by atoms with Crippen LogP contribution in [0.4, 0.5) is 8.78 Å². The highest BCUT2D eigenvalue weighted by atomic mass is 19.1. The summed E-state index contributed by atoms with van der Waals surface area (Å²) in [6.45, 7) is 0.486. The maximum Gasteiger partial charge on any atom is 0.254 e. The average molecular weight is 321 g/mol. The second kappa shape index (κ2) is 6.51. The molecule has 1 aliphatic rings. The molecule has 0 unspecified atom stereocenters. The van der Waals surface area contributed by atoms with Crippen molar-refractivity contribution in [3.63, 3.8) is 0 Å². The molecule has 0 aliphatic carbocycles. The lowest BCUT2D eigenvalue weighted by Crippen LogP contribution is -2.28. The number of nitrogens with one attached hydrogen (secondary N) is 1. The average Bonchev–Trinajstić information content (AvgIpc) is 3.01. The number of halogens is 2. The monoisotopic (exact) mass is 321 g/mol. The van der Waals surface area contributed by atoms with Crippen LogP contribution in [0.1, 0.15) is 10.4 Å². The summed E-state index contributed by atoms with van der Waals surface area (Å²) in [6, 6.07) is 7.82. The molecule has 1 heterocycles. The van der Waals surface area contributed by atoms with Crippen LogP contribution in [0.15, 0.2) is 36.4 Å². The van der Waals surface area contributed by atoms with E-state index in [-0.39, 0.29) is 25.5 Å². The van der Waals surface area contributed by atoms with Gasteiger partial charge >= 0.3 is 0 Å². The van der Waals surface area contributed by atoms with Crippen LogP contribution in [0.5, 0.6) is 17.2 Å². The molecule has 1 aliphatic heterocycles. The number of fused-ring (bicyclic) bond motifs is 1. The van der Waals surface area contributed by atoms with Gasteiger partial charge in [0.25, 0.3) is 5.91 Å². The van der Waals surface area contributed by atoms with Crippen molar-refractivity contribution in [1.29, 1.82) is 0 Å². The molecule has 23 heavy (non-hydrogen) atoms. The van der Waals surface area contributed by atoms with Gasteiger partial charge in [-0.2, -0.15) is 0 Å². The molecule has 2 aromatic rings. The summed E-state index contributed by atoms with van der Waals surface area (Å²) in [6.07, 6.45) is 0. The molecule has 0 atom stereocenters. The van der Waals surface area contributed by atoms with Gasteiger partial charge in [-0.3, -0.25) is 4.79 Å². The molecular weight excluding hydrogens is 308 g/mol. The first-order valence-corrected chi connectivity index (χ1v) is 6.89. The molecule has 0 fully saturated rings. The number of ether oxygens (including phenoxy) is 3. The summed E-state index contributed by atoms with van der Waals surface area (Å²) in [5, 5.41) is 2.46. The minimum atomic E-state index is -0.777. The van der Waals surface area contributed by atoms with Gasteiger partial charge in [0.15, 0.2) is 11.5 Å². The largest absolute Gasteiger partial charge is 0.492 e. The SMILES string of the molecule is O=C(NCCOc1ccc2c(c1)OCO2)c1cc(F)ccc1F. The minimum absolute atomic E-state index is 0.142. The maximum absolute atomic E-state index is 13.4. The van der Waals surface area contributed by atoms with Crippen molar-refractivity contribution in [2.75, 3.05) is 19.9 Å². The second-order valence-corrected chi connectivity index (χ2v) is 4.74. The summed E-state index contributed by atoms with van der Waals surface area (Å²) in [5.74, 6) is -0.355. The number of hydrogen-bond donors (Lipinski definition) is 1. The lowest BCUT2D eigenvalue weighted by Gasteiger charge is -2.09. The third-order valence-electron chi connectivity index (χ3n) is 3.17. The molecule has 120 valence electrons. The van der Waals surface area contributed by atoms with E-state index < -0.39 is 17.5 Å². The Morgan fingerprint density at radius 3 is 2.83 bits per heavy atom. The van der Waals surface area contributed by atoms with Gasteiger partial charge in [0.1, 0.15) is 24.0 Å². The molecule has 5 nitrogen and oxygen atoms in total. The van der Waals surface area contributed by atoms with Gasteiger partial charge in [-0.1, -0.05) is 0 Å². The highest BCUT2D eigenvalue weighted by Crippen LogP contribution is 2.34. The van der Waals surface area contributed by atoms with Gasteiger partial charge in [0.2, 0.25) is 6.79 Å². The smallest absolute Gasteiger partial charge is 0.254 e. The molecule has 2 aromatic carbocycles. The molecule has 1 N–H and O–H groups in total. The maximum atomic E-state index is 13.4. The number of carbonyl (C=O) groups excluding carboxylic acids is 1. The summed E-state index contributed by atoms with van der Waals surface area (Å²) >= 11 is 0. The van der Waals surface area contributed by atoms with Crippen LogP contribution >= 0.6 is 0 Å². The van der Waals surface area contributed by atoms with Crippen molar-refractivity contribution in [3.8, 4) is 17.2 Å². The van der Waals surface area contributed by atoms with Crippen LogP contribution < -0.4 is 19.5 Å². The van der Waals surface area contributed by atoms with E-state index in [2.05, 4.69) is 5.32 Å². The van der Waals surface area contributed by atoms with Gasteiger partial charge in [-0.15, -0.1) is 0 Å². The third-order valence-corrected chi connectivity index (χ3v) is 3.17. The number of rotatable bonds is 5. The summed E-state index contributed by atoms with van der Waals surface area (Å²) in [4.78, 5) is 11.8. The molecular formula is C16H13F2NO4. The standard InChI is InChI=1S/C16H13F2NO4/c17-10-1-3-13(18)12(7-10)16(20)19-5-6-21-11-2-4-14-15(8-11)23-9-22-14/h1-4,7-8H,5-6,9H2,(H,19,20). The molecule has 0 spiro atoms. The van der Waals surface area contributed by atoms with Gasteiger partial charge in [0, 0.05) is 6.07 Å². The Morgan fingerprint density at radius 2 is 1.96 bits per heavy atom. The van der Waals surface area contributed by atoms with E-state index in [1.165, 1.54) is 0 Å². The van der Waals surface area contributed by atoms with E-state index in [4.69, 9.17) is 14.2 Å².